The highest BCUT2D eigenvalue weighted by molar-refractivity contribution is 5.87. The summed E-state index contributed by atoms with van der Waals surface area (Å²) in [4.78, 5) is 25.2. The number of ether oxygens (including phenoxy) is 3. The van der Waals surface area contributed by atoms with Crippen molar-refractivity contribution in [2.45, 2.75) is 83.7 Å². The van der Waals surface area contributed by atoms with E-state index < -0.39 is 11.2 Å². The molecule has 3 aliphatic rings. The molecular formula is C27H36O5. The minimum Gasteiger partial charge on any atom is -0.459 e. The zero-order valence-corrected chi connectivity index (χ0v) is 19.9. The Balaban J connectivity index is 1.65. The molecule has 0 radical (unpaired) electrons. The molecule has 0 N–H and O–H groups in total. The average molecular weight is 441 g/mol. The second-order valence-corrected chi connectivity index (χ2v) is 10.3. The Labute approximate surface area is 191 Å². The van der Waals surface area contributed by atoms with Crippen molar-refractivity contribution in [3.05, 3.63) is 42.0 Å². The molecule has 0 spiro atoms. The van der Waals surface area contributed by atoms with E-state index in [0.717, 1.165) is 18.4 Å². The zero-order valence-electron chi connectivity index (χ0n) is 19.9. The molecule has 2 heterocycles. The van der Waals surface area contributed by atoms with Crippen molar-refractivity contribution in [1.29, 1.82) is 0 Å². The third-order valence-corrected chi connectivity index (χ3v) is 8.17. The molecule has 1 aliphatic carbocycles. The normalized spacial score (nSPS) is 38.1. The molecule has 5 heteroatoms. The van der Waals surface area contributed by atoms with Crippen molar-refractivity contribution in [2.75, 3.05) is 0 Å². The van der Waals surface area contributed by atoms with Gasteiger partial charge in [-0.15, -0.1) is 0 Å². The number of benzene rings is 1. The third kappa shape index (κ3) is 3.79. The van der Waals surface area contributed by atoms with Crippen LogP contribution in [0.2, 0.25) is 0 Å². The first-order chi connectivity index (χ1) is 15.2. The van der Waals surface area contributed by atoms with E-state index in [2.05, 4.69) is 27.7 Å². The first-order valence-corrected chi connectivity index (χ1v) is 12.0. The van der Waals surface area contributed by atoms with E-state index >= 15 is 0 Å². The summed E-state index contributed by atoms with van der Waals surface area (Å²) in [5.74, 6) is 0.355. The van der Waals surface area contributed by atoms with Crippen molar-refractivity contribution < 1.29 is 23.8 Å². The van der Waals surface area contributed by atoms with Gasteiger partial charge in [0.05, 0.1) is 0 Å². The summed E-state index contributed by atoms with van der Waals surface area (Å²) in [5.41, 5.74) is -0.258. The molecule has 3 fully saturated rings. The van der Waals surface area contributed by atoms with Gasteiger partial charge in [0.2, 0.25) is 0 Å². The number of rotatable bonds is 6. The molecule has 1 aromatic rings. The highest BCUT2D eigenvalue weighted by atomic mass is 16.6. The van der Waals surface area contributed by atoms with Crippen molar-refractivity contribution >= 4 is 18.0 Å². The molecule has 1 unspecified atom stereocenters. The monoisotopic (exact) mass is 440 g/mol. The number of hydrogen-bond donors (Lipinski definition) is 0. The Morgan fingerprint density at radius 3 is 2.56 bits per heavy atom. The van der Waals surface area contributed by atoms with Crippen molar-refractivity contribution in [3.8, 4) is 0 Å². The van der Waals surface area contributed by atoms with Crippen LogP contribution >= 0.6 is 0 Å². The molecule has 2 bridgehead atoms. The highest BCUT2D eigenvalue weighted by Crippen LogP contribution is 2.63. The lowest BCUT2D eigenvalue weighted by molar-refractivity contribution is -0.264. The van der Waals surface area contributed by atoms with Gasteiger partial charge in [-0.2, -0.15) is 0 Å². The first kappa shape index (κ1) is 23.0. The van der Waals surface area contributed by atoms with Crippen LogP contribution in [-0.2, 0) is 23.8 Å². The van der Waals surface area contributed by atoms with Crippen LogP contribution in [-0.4, -0.2) is 35.3 Å². The number of fused-ring (bicyclic) bond motifs is 4. The van der Waals surface area contributed by atoms with Crippen LogP contribution in [0.5, 0.6) is 0 Å². The summed E-state index contributed by atoms with van der Waals surface area (Å²) in [6.07, 6.45) is 5.57. The lowest BCUT2D eigenvalue weighted by atomic mass is 9.69. The van der Waals surface area contributed by atoms with Gasteiger partial charge < -0.3 is 14.2 Å². The lowest BCUT2D eigenvalue weighted by Gasteiger charge is -2.52. The number of hydrogen-bond acceptors (Lipinski definition) is 5. The van der Waals surface area contributed by atoms with E-state index in [-0.39, 0.29) is 41.9 Å². The maximum Gasteiger partial charge on any atom is 0.331 e. The quantitative estimate of drug-likeness (QED) is 0.450. The van der Waals surface area contributed by atoms with E-state index in [1.807, 2.05) is 37.3 Å². The molecule has 1 saturated carbocycles. The second kappa shape index (κ2) is 8.66. The standard InChI is InChI=1S/C27H36O5/c1-6-22(28)30-21-16-27(17(2)3)25(24-18(4)12-14-20(24)26(21,5)32-27)31-23(29)15-13-19-10-8-7-9-11-19/h7-11,13,15,17-18,20-21,24-25H,6,12,14,16H2,1-5H3/b15-13+/t18-,20-,21-,24-,25+,26?,27-/m1/s1. The van der Waals surface area contributed by atoms with Gasteiger partial charge in [0.25, 0.3) is 0 Å². The maximum absolute atomic E-state index is 13.0. The third-order valence-electron chi connectivity index (χ3n) is 8.17. The lowest BCUT2D eigenvalue weighted by Crippen LogP contribution is -2.62. The largest absolute Gasteiger partial charge is 0.459 e. The molecule has 174 valence electrons. The van der Waals surface area contributed by atoms with E-state index in [9.17, 15) is 9.59 Å². The summed E-state index contributed by atoms with van der Waals surface area (Å²) in [6.45, 7) is 10.4. The van der Waals surface area contributed by atoms with Gasteiger partial charge >= 0.3 is 11.9 Å². The Bertz CT molecular complexity index is 877. The molecule has 2 aliphatic heterocycles. The van der Waals surface area contributed by atoms with Crippen LogP contribution in [0.4, 0.5) is 0 Å². The Morgan fingerprint density at radius 2 is 1.91 bits per heavy atom. The topological polar surface area (TPSA) is 61.8 Å². The molecular weight excluding hydrogens is 404 g/mol. The fourth-order valence-electron chi connectivity index (χ4n) is 6.38. The minimum absolute atomic E-state index is 0.108. The predicted molar refractivity (Wildman–Crippen MR) is 123 cm³/mol. The minimum atomic E-state index is -0.663. The second-order valence-electron chi connectivity index (χ2n) is 10.3. The van der Waals surface area contributed by atoms with Gasteiger partial charge in [-0.3, -0.25) is 4.79 Å². The molecule has 32 heavy (non-hydrogen) atoms. The number of carbonyl (C=O) groups excluding carboxylic acids is 2. The highest BCUT2D eigenvalue weighted by Gasteiger charge is 2.72. The van der Waals surface area contributed by atoms with Gasteiger partial charge in [0, 0.05) is 24.8 Å². The molecule has 0 aromatic heterocycles. The van der Waals surface area contributed by atoms with Crippen LogP contribution in [0.25, 0.3) is 6.08 Å². The van der Waals surface area contributed by atoms with Crippen LogP contribution in [0, 0.1) is 23.7 Å². The molecule has 0 amide bonds. The Morgan fingerprint density at radius 1 is 1.19 bits per heavy atom. The summed E-state index contributed by atoms with van der Waals surface area (Å²) < 4.78 is 19.0. The van der Waals surface area contributed by atoms with Crippen molar-refractivity contribution in [2.24, 2.45) is 23.7 Å². The van der Waals surface area contributed by atoms with E-state index in [1.165, 1.54) is 6.08 Å². The maximum atomic E-state index is 13.0. The number of esters is 2. The van der Waals surface area contributed by atoms with E-state index in [1.54, 1.807) is 6.08 Å². The molecule has 2 saturated heterocycles. The van der Waals surface area contributed by atoms with E-state index in [4.69, 9.17) is 14.2 Å². The van der Waals surface area contributed by atoms with Gasteiger partial charge in [0.1, 0.15) is 23.4 Å². The Kier molecular flexibility index (Phi) is 6.23. The van der Waals surface area contributed by atoms with Crippen LogP contribution < -0.4 is 0 Å². The van der Waals surface area contributed by atoms with Gasteiger partial charge in [-0.25, -0.2) is 4.79 Å². The average Bonchev–Trinajstić information content (AvgIpc) is 3.28. The van der Waals surface area contributed by atoms with E-state index in [0.29, 0.717) is 18.8 Å². The predicted octanol–water partition coefficient (Wildman–Crippen LogP) is 5.18. The van der Waals surface area contributed by atoms with Crippen LogP contribution in [0.1, 0.15) is 65.9 Å². The Hall–Kier alpha value is -2.14. The zero-order chi connectivity index (χ0) is 23.1. The van der Waals surface area contributed by atoms with Gasteiger partial charge in [-0.05, 0) is 49.2 Å². The molecule has 5 nitrogen and oxygen atoms in total. The molecule has 4 rings (SSSR count). The molecule has 1 aromatic carbocycles. The fourth-order valence-corrected chi connectivity index (χ4v) is 6.38. The van der Waals surface area contributed by atoms with Crippen LogP contribution in [0.3, 0.4) is 0 Å². The van der Waals surface area contributed by atoms with Crippen molar-refractivity contribution in [1.82, 2.24) is 0 Å². The number of carbonyl (C=O) groups is 2. The summed E-state index contributed by atoms with van der Waals surface area (Å²) in [5, 5.41) is 0. The smallest absolute Gasteiger partial charge is 0.331 e. The van der Waals surface area contributed by atoms with Crippen molar-refractivity contribution in [3.63, 3.8) is 0 Å². The summed E-state index contributed by atoms with van der Waals surface area (Å²) in [6, 6.07) is 9.73. The van der Waals surface area contributed by atoms with Gasteiger partial charge in [0.15, 0.2) is 0 Å². The summed E-state index contributed by atoms with van der Waals surface area (Å²) in [7, 11) is 0. The van der Waals surface area contributed by atoms with Gasteiger partial charge in [-0.1, -0.05) is 58.0 Å². The molecule has 7 atom stereocenters. The van der Waals surface area contributed by atoms with Crippen LogP contribution in [0.15, 0.2) is 36.4 Å². The first-order valence-electron chi connectivity index (χ1n) is 12.0. The summed E-state index contributed by atoms with van der Waals surface area (Å²) >= 11 is 0. The fraction of sp³-hybridized carbons (Fsp3) is 0.630. The SMILES string of the molecule is CCC(=O)O[C@@H]1C[C@]2(C(C)C)OC1(C)[C@@H]1CC[C@@H](C)[C@H]1[C@@H]2OC(=O)/C=C/c1ccccc1.